The molecule has 23 heavy (non-hydrogen) atoms. The molecule has 2 aromatic rings. The van der Waals surface area contributed by atoms with Crippen LogP contribution in [0.2, 0.25) is 0 Å². The number of pyridine rings is 1. The first kappa shape index (κ1) is 15.3. The molecule has 0 fully saturated rings. The van der Waals surface area contributed by atoms with Crippen LogP contribution in [-0.4, -0.2) is 17.4 Å². The minimum atomic E-state index is -4.51. The molecule has 0 saturated heterocycles. The Kier molecular flexibility index (Phi) is 3.94. The van der Waals surface area contributed by atoms with E-state index in [1.807, 2.05) is 12.1 Å². The maximum absolute atomic E-state index is 12.5. The number of fused-ring (bicyclic) bond motifs is 1. The van der Waals surface area contributed by atoms with Crippen molar-refractivity contribution in [2.24, 2.45) is 0 Å². The first-order chi connectivity index (χ1) is 10.9. The smallest absolute Gasteiger partial charge is 0.385 e. The molecule has 7 heteroatoms. The minimum absolute atomic E-state index is 0.0776. The molecule has 1 aromatic heterocycles. The van der Waals surface area contributed by atoms with Crippen molar-refractivity contribution in [1.29, 1.82) is 0 Å². The van der Waals surface area contributed by atoms with Crippen molar-refractivity contribution in [2.45, 2.75) is 19.0 Å². The quantitative estimate of drug-likeness (QED) is 0.886. The molecule has 0 unspecified atom stereocenters. The van der Waals surface area contributed by atoms with Gasteiger partial charge in [-0.2, -0.15) is 13.2 Å². The lowest BCUT2D eigenvalue weighted by Crippen LogP contribution is -2.15. The maximum Gasteiger partial charge on any atom is 0.433 e. The first-order valence-corrected chi connectivity index (χ1v) is 7.15. The van der Waals surface area contributed by atoms with E-state index >= 15 is 0 Å². The first-order valence-electron chi connectivity index (χ1n) is 7.15. The molecule has 1 aromatic carbocycles. The van der Waals surface area contributed by atoms with Crippen LogP contribution in [0.3, 0.4) is 0 Å². The number of carbonyl (C=O) groups is 1. The van der Waals surface area contributed by atoms with Gasteiger partial charge in [0, 0.05) is 24.1 Å². The second-order valence-corrected chi connectivity index (χ2v) is 5.29. The van der Waals surface area contributed by atoms with Gasteiger partial charge >= 0.3 is 6.18 Å². The summed E-state index contributed by atoms with van der Waals surface area (Å²) in [5, 5.41) is 5.94. The number of carbonyl (C=O) groups excluding carboxylic acids is 1. The zero-order valence-corrected chi connectivity index (χ0v) is 12.1. The van der Waals surface area contributed by atoms with E-state index < -0.39 is 17.8 Å². The number of amides is 1. The van der Waals surface area contributed by atoms with Gasteiger partial charge in [0.2, 0.25) is 0 Å². The lowest BCUT2D eigenvalue weighted by Gasteiger charge is -2.18. The SMILES string of the molecule is O=C(Nc1ccc2c(c1)CCCN2)c1ccc(C(F)(F)F)nc1. The number of aryl methyl sites for hydroxylation is 1. The topological polar surface area (TPSA) is 54.0 Å². The van der Waals surface area contributed by atoms with Crippen molar-refractivity contribution in [2.75, 3.05) is 17.2 Å². The standard InChI is InChI=1S/C16H14F3N3O/c17-16(18,19)14-6-3-11(9-21-14)15(23)22-12-4-5-13-10(8-12)2-1-7-20-13/h3-6,8-9,20H,1-2,7H2,(H,22,23). The van der Waals surface area contributed by atoms with Crippen LogP contribution in [0.1, 0.15) is 28.0 Å². The third kappa shape index (κ3) is 3.44. The summed E-state index contributed by atoms with van der Waals surface area (Å²) in [6.07, 6.45) is -1.64. The van der Waals surface area contributed by atoms with E-state index in [1.165, 1.54) is 0 Å². The van der Waals surface area contributed by atoms with Crippen LogP contribution in [0.25, 0.3) is 0 Å². The van der Waals surface area contributed by atoms with Crippen molar-refractivity contribution in [3.05, 3.63) is 53.3 Å². The largest absolute Gasteiger partial charge is 0.433 e. The fourth-order valence-electron chi connectivity index (χ4n) is 2.45. The highest BCUT2D eigenvalue weighted by Crippen LogP contribution is 2.28. The van der Waals surface area contributed by atoms with Crippen molar-refractivity contribution >= 4 is 17.3 Å². The highest BCUT2D eigenvalue weighted by atomic mass is 19.4. The Morgan fingerprint density at radius 3 is 2.74 bits per heavy atom. The van der Waals surface area contributed by atoms with Gasteiger partial charge in [0.15, 0.2) is 0 Å². The number of nitrogens with one attached hydrogen (secondary N) is 2. The summed E-state index contributed by atoms with van der Waals surface area (Å²) in [4.78, 5) is 15.4. The van der Waals surface area contributed by atoms with Crippen LogP contribution in [0, 0.1) is 0 Å². The summed E-state index contributed by atoms with van der Waals surface area (Å²) in [7, 11) is 0. The molecule has 2 N–H and O–H groups in total. The fraction of sp³-hybridized carbons (Fsp3) is 0.250. The lowest BCUT2D eigenvalue weighted by atomic mass is 10.0. The normalized spacial score (nSPS) is 13.9. The van der Waals surface area contributed by atoms with Gasteiger partial charge in [-0.15, -0.1) is 0 Å². The number of rotatable bonds is 2. The van der Waals surface area contributed by atoms with Crippen LogP contribution in [0.15, 0.2) is 36.5 Å². The predicted molar refractivity (Wildman–Crippen MR) is 80.4 cm³/mol. The second kappa shape index (κ2) is 5.91. The number of halogens is 3. The molecule has 2 heterocycles. The van der Waals surface area contributed by atoms with Crippen LogP contribution in [-0.2, 0) is 12.6 Å². The van der Waals surface area contributed by atoms with Gasteiger partial charge in [-0.25, -0.2) is 0 Å². The number of benzene rings is 1. The molecule has 0 aliphatic carbocycles. The highest BCUT2D eigenvalue weighted by Gasteiger charge is 2.32. The van der Waals surface area contributed by atoms with Gasteiger partial charge in [0.05, 0.1) is 5.56 Å². The number of hydrogen-bond acceptors (Lipinski definition) is 3. The predicted octanol–water partition coefficient (Wildman–Crippen LogP) is 3.71. The van der Waals surface area contributed by atoms with Gasteiger partial charge < -0.3 is 10.6 Å². The van der Waals surface area contributed by atoms with E-state index in [0.717, 1.165) is 49.0 Å². The zero-order valence-electron chi connectivity index (χ0n) is 12.1. The molecular formula is C16H14F3N3O. The molecule has 0 saturated carbocycles. The molecule has 0 bridgehead atoms. The van der Waals surface area contributed by atoms with Crippen LogP contribution in [0.5, 0.6) is 0 Å². The van der Waals surface area contributed by atoms with E-state index in [0.29, 0.717) is 5.69 Å². The van der Waals surface area contributed by atoms with Gasteiger partial charge in [0.1, 0.15) is 5.69 Å². The lowest BCUT2D eigenvalue weighted by molar-refractivity contribution is -0.141. The number of aromatic nitrogens is 1. The average molecular weight is 321 g/mol. The van der Waals surface area contributed by atoms with Crippen LogP contribution >= 0.6 is 0 Å². The molecular weight excluding hydrogens is 307 g/mol. The molecule has 120 valence electrons. The summed E-state index contributed by atoms with van der Waals surface area (Å²) in [6.45, 7) is 0.927. The van der Waals surface area contributed by atoms with Crippen molar-refractivity contribution in [3.63, 3.8) is 0 Å². The minimum Gasteiger partial charge on any atom is -0.385 e. The molecule has 3 rings (SSSR count). The molecule has 0 spiro atoms. The van der Waals surface area contributed by atoms with E-state index in [2.05, 4.69) is 15.6 Å². The summed E-state index contributed by atoms with van der Waals surface area (Å²) in [6, 6.07) is 7.43. The van der Waals surface area contributed by atoms with E-state index in [-0.39, 0.29) is 5.56 Å². The Labute approximate surface area is 130 Å². The van der Waals surface area contributed by atoms with E-state index in [9.17, 15) is 18.0 Å². The van der Waals surface area contributed by atoms with Crippen LogP contribution in [0.4, 0.5) is 24.5 Å². The Morgan fingerprint density at radius 1 is 1.22 bits per heavy atom. The zero-order chi connectivity index (χ0) is 16.4. The third-order valence-electron chi connectivity index (χ3n) is 3.62. The Hall–Kier alpha value is -2.57. The third-order valence-corrected chi connectivity index (χ3v) is 3.62. The molecule has 0 radical (unpaired) electrons. The number of hydrogen-bond donors (Lipinski definition) is 2. The Morgan fingerprint density at radius 2 is 2.04 bits per heavy atom. The van der Waals surface area contributed by atoms with Crippen molar-refractivity contribution in [3.8, 4) is 0 Å². The molecule has 1 aliphatic heterocycles. The summed E-state index contributed by atoms with van der Waals surface area (Å²) in [5.41, 5.74) is 1.82. The van der Waals surface area contributed by atoms with Gasteiger partial charge in [-0.1, -0.05) is 0 Å². The van der Waals surface area contributed by atoms with Gasteiger partial charge in [-0.3, -0.25) is 9.78 Å². The number of nitrogens with zero attached hydrogens (tertiary/aromatic N) is 1. The Bertz CT molecular complexity index is 726. The monoisotopic (exact) mass is 321 g/mol. The molecule has 1 aliphatic rings. The highest BCUT2D eigenvalue weighted by molar-refractivity contribution is 6.04. The summed E-state index contributed by atoms with van der Waals surface area (Å²) < 4.78 is 37.4. The van der Waals surface area contributed by atoms with Gasteiger partial charge in [-0.05, 0) is 48.7 Å². The Balaban J connectivity index is 1.74. The molecule has 1 amide bonds. The van der Waals surface area contributed by atoms with E-state index in [1.54, 1.807) is 6.07 Å². The van der Waals surface area contributed by atoms with Crippen molar-refractivity contribution < 1.29 is 18.0 Å². The number of anilines is 2. The summed E-state index contributed by atoms with van der Waals surface area (Å²) in [5.74, 6) is -0.491. The van der Waals surface area contributed by atoms with E-state index in [4.69, 9.17) is 0 Å². The number of alkyl halides is 3. The summed E-state index contributed by atoms with van der Waals surface area (Å²) >= 11 is 0. The van der Waals surface area contributed by atoms with Crippen LogP contribution < -0.4 is 10.6 Å². The maximum atomic E-state index is 12.5. The fourth-order valence-corrected chi connectivity index (χ4v) is 2.45. The van der Waals surface area contributed by atoms with Gasteiger partial charge in [0.25, 0.3) is 5.91 Å². The molecule has 0 atom stereocenters. The second-order valence-electron chi connectivity index (χ2n) is 5.29. The molecule has 4 nitrogen and oxygen atoms in total. The van der Waals surface area contributed by atoms with Crippen molar-refractivity contribution in [1.82, 2.24) is 4.98 Å². The average Bonchev–Trinajstić information content (AvgIpc) is 2.54.